The van der Waals surface area contributed by atoms with E-state index in [1.165, 1.54) is 0 Å². The third kappa shape index (κ3) is 3.62. The summed E-state index contributed by atoms with van der Waals surface area (Å²) in [6.07, 6.45) is 2.59. The molecule has 0 unspecified atom stereocenters. The average Bonchev–Trinajstić information content (AvgIpc) is 3.36. The van der Waals surface area contributed by atoms with Crippen LogP contribution in [0.4, 0.5) is 5.69 Å². The number of hydrogen-bond acceptors (Lipinski definition) is 5. The molecule has 6 nitrogen and oxygen atoms in total. The Morgan fingerprint density at radius 3 is 2.58 bits per heavy atom. The van der Waals surface area contributed by atoms with Gasteiger partial charge in [-0.3, -0.25) is 4.72 Å². The lowest BCUT2D eigenvalue weighted by molar-refractivity contribution is 0.379. The van der Waals surface area contributed by atoms with Gasteiger partial charge in [0.15, 0.2) is 5.82 Å². The Morgan fingerprint density at radius 1 is 1.12 bits per heavy atom. The molecule has 1 aliphatic carbocycles. The monoisotopic (exact) mass is 369 g/mol. The average molecular weight is 369 g/mol. The van der Waals surface area contributed by atoms with E-state index in [9.17, 15) is 8.42 Å². The highest BCUT2D eigenvalue weighted by atomic mass is 32.2. The van der Waals surface area contributed by atoms with Crippen LogP contribution in [0.5, 0.6) is 0 Å². The Bertz CT molecular complexity index is 1020. The van der Waals surface area contributed by atoms with Gasteiger partial charge in [0.2, 0.25) is 5.89 Å². The van der Waals surface area contributed by atoms with E-state index in [-0.39, 0.29) is 4.90 Å². The fourth-order valence-electron chi connectivity index (χ4n) is 2.71. The number of aromatic nitrogens is 2. The van der Waals surface area contributed by atoms with E-state index in [0.717, 1.165) is 29.8 Å². The van der Waals surface area contributed by atoms with Crippen molar-refractivity contribution in [3.8, 4) is 0 Å². The molecule has 4 rings (SSSR count). The topological polar surface area (TPSA) is 85.1 Å². The van der Waals surface area contributed by atoms with Gasteiger partial charge in [-0.2, -0.15) is 4.98 Å². The Balaban J connectivity index is 1.57. The number of nitrogens with zero attached hydrogens (tertiary/aromatic N) is 2. The van der Waals surface area contributed by atoms with Gasteiger partial charge in [0.25, 0.3) is 10.0 Å². The van der Waals surface area contributed by atoms with Crippen LogP contribution in [-0.2, 0) is 16.4 Å². The van der Waals surface area contributed by atoms with Crippen LogP contribution in [0.15, 0.2) is 57.9 Å². The first kappa shape index (κ1) is 16.8. The first-order chi connectivity index (χ1) is 12.5. The molecule has 26 heavy (non-hydrogen) atoms. The minimum Gasteiger partial charge on any atom is -0.339 e. The number of hydrogen-bond donors (Lipinski definition) is 1. The molecule has 1 saturated carbocycles. The van der Waals surface area contributed by atoms with E-state index in [0.29, 0.717) is 23.9 Å². The SMILES string of the molecule is Cc1ccc(S(=O)(=O)Nc2ccccc2Cc2nc(C3CC3)no2)cc1. The number of anilines is 1. The molecule has 1 heterocycles. The summed E-state index contributed by atoms with van der Waals surface area (Å²) in [6, 6.07) is 14.0. The summed E-state index contributed by atoms with van der Waals surface area (Å²) in [5, 5.41) is 4.01. The van der Waals surface area contributed by atoms with Crippen molar-refractivity contribution in [1.29, 1.82) is 0 Å². The van der Waals surface area contributed by atoms with E-state index < -0.39 is 10.0 Å². The highest BCUT2D eigenvalue weighted by Gasteiger charge is 2.28. The molecule has 2 aromatic carbocycles. The summed E-state index contributed by atoms with van der Waals surface area (Å²) < 4.78 is 33.3. The van der Waals surface area contributed by atoms with E-state index in [4.69, 9.17) is 4.52 Å². The molecule has 0 aliphatic heterocycles. The highest BCUT2D eigenvalue weighted by Crippen LogP contribution is 2.38. The number of benzene rings is 2. The second-order valence-corrected chi connectivity index (χ2v) is 8.26. The first-order valence-corrected chi connectivity index (χ1v) is 9.99. The van der Waals surface area contributed by atoms with Crippen molar-refractivity contribution in [3.05, 3.63) is 71.4 Å². The fourth-order valence-corrected chi connectivity index (χ4v) is 3.81. The van der Waals surface area contributed by atoms with Gasteiger partial charge in [-0.05, 0) is 43.5 Å². The van der Waals surface area contributed by atoms with Crippen LogP contribution in [0.1, 0.15) is 41.6 Å². The van der Waals surface area contributed by atoms with E-state index >= 15 is 0 Å². The molecule has 0 spiro atoms. The molecule has 0 bridgehead atoms. The van der Waals surface area contributed by atoms with Gasteiger partial charge in [-0.15, -0.1) is 0 Å². The van der Waals surface area contributed by atoms with Crippen LogP contribution < -0.4 is 4.72 Å². The molecule has 0 amide bonds. The lowest BCUT2D eigenvalue weighted by Gasteiger charge is -2.12. The molecule has 1 aliphatic rings. The minimum atomic E-state index is -3.66. The molecule has 0 atom stereocenters. The molecule has 3 aromatic rings. The summed E-state index contributed by atoms with van der Waals surface area (Å²) in [4.78, 5) is 4.65. The van der Waals surface area contributed by atoms with Crippen molar-refractivity contribution < 1.29 is 12.9 Å². The molecule has 7 heteroatoms. The molecular formula is C19H19N3O3S. The van der Waals surface area contributed by atoms with Gasteiger partial charge < -0.3 is 4.52 Å². The van der Waals surface area contributed by atoms with Crippen molar-refractivity contribution in [2.75, 3.05) is 4.72 Å². The third-order valence-corrected chi connectivity index (χ3v) is 5.74. The van der Waals surface area contributed by atoms with Crippen LogP contribution >= 0.6 is 0 Å². The highest BCUT2D eigenvalue weighted by molar-refractivity contribution is 7.92. The van der Waals surface area contributed by atoms with Crippen LogP contribution in [0, 0.1) is 6.92 Å². The summed E-state index contributed by atoms with van der Waals surface area (Å²) >= 11 is 0. The first-order valence-electron chi connectivity index (χ1n) is 8.51. The predicted octanol–water partition coefficient (Wildman–Crippen LogP) is 3.65. The van der Waals surface area contributed by atoms with Crippen LogP contribution in [-0.4, -0.2) is 18.6 Å². The van der Waals surface area contributed by atoms with Crippen molar-refractivity contribution in [2.45, 2.75) is 37.0 Å². The van der Waals surface area contributed by atoms with Crippen LogP contribution in [0.25, 0.3) is 0 Å². The van der Waals surface area contributed by atoms with E-state index in [2.05, 4.69) is 14.9 Å². The van der Waals surface area contributed by atoms with Gasteiger partial charge >= 0.3 is 0 Å². The number of nitrogens with one attached hydrogen (secondary N) is 1. The standard InChI is InChI=1S/C19H19N3O3S/c1-13-6-10-16(11-7-13)26(23,24)22-17-5-3-2-4-15(17)12-18-20-19(21-25-18)14-8-9-14/h2-7,10-11,14,22H,8-9,12H2,1H3. The molecule has 0 saturated heterocycles. The lowest BCUT2D eigenvalue weighted by Crippen LogP contribution is -2.14. The van der Waals surface area contributed by atoms with Gasteiger partial charge in [-0.1, -0.05) is 41.1 Å². The van der Waals surface area contributed by atoms with Crippen molar-refractivity contribution >= 4 is 15.7 Å². The quantitative estimate of drug-likeness (QED) is 0.717. The minimum absolute atomic E-state index is 0.228. The third-order valence-electron chi connectivity index (χ3n) is 4.36. The smallest absolute Gasteiger partial charge is 0.261 e. The molecule has 1 fully saturated rings. The van der Waals surface area contributed by atoms with E-state index in [1.54, 1.807) is 36.4 Å². The van der Waals surface area contributed by atoms with Crippen molar-refractivity contribution in [2.24, 2.45) is 0 Å². The maximum atomic E-state index is 12.7. The van der Waals surface area contributed by atoms with Crippen LogP contribution in [0.2, 0.25) is 0 Å². The summed E-state index contributed by atoms with van der Waals surface area (Å²) in [6.45, 7) is 1.92. The Hall–Kier alpha value is -2.67. The maximum absolute atomic E-state index is 12.7. The summed E-state index contributed by atoms with van der Waals surface area (Å²) in [7, 11) is -3.66. The predicted molar refractivity (Wildman–Crippen MR) is 97.5 cm³/mol. The fraction of sp³-hybridized carbons (Fsp3) is 0.263. The van der Waals surface area contributed by atoms with Gasteiger partial charge in [0, 0.05) is 5.92 Å². The summed E-state index contributed by atoms with van der Waals surface area (Å²) in [5.74, 6) is 1.66. The Morgan fingerprint density at radius 2 is 1.85 bits per heavy atom. The number of para-hydroxylation sites is 1. The van der Waals surface area contributed by atoms with Crippen molar-refractivity contribution in [1.82, 2.24) is 10.1 Å². The normalized spacial score (nSPS) is 14.3. The molecule has 1 aromatic heterocycles. The zero-order chi connectivity index (χ0) is 18.1. The van der Waals surface area contributed by atoms with Gasteiger partial charge in [-0.25, -0.2) is 8.42 Å². The Labute approximate surface area is 152 Å². The molecule has 0 radical (unpaired) electrons. The van der Waals surface area contributed by atoms with Gasteiger partial charge in [0.1, 0.15) is 0 Å². The molecule has 1 N–H and O–H groups in total. The number of rotatable bonds is 6. The van der Waals surface area contributed by atoms with E-state index in [1.807, 2.05) is 19.1 Å². The summed E-state index contributed by atoms with van der Waals surface area (Å²) in [5.41, 5.74) is 2.31. The largest absolute Gasteiger partial charge is 0.339 e. The number of sulfonamides is 1. The lowest BCUT2D eigenvalue weighted by atomic mass is 10.1. The number of aryl methyl sites for hydroxylation is 1. The van der Waals surface area contributed by atoms with Crippen molar-refractivity contribution in [3.63, 3.8) is 0 Å². The maximum Gasteiger partial charge on any atom is 0.261 e. The van der Waals surface area contributed by atoms with Gasteiger partial charge in [0.05, 0.1) is 17.0 Å². The molecule has 134 valence electrons. The zero-order valence-electron chi connectivity index (χ0n) is 14.3. The Kier molecular flexibility index (Phi) is 4.24. The second-order valence-electron chi connectivity index (χ2n) is 6.57. The zero-order valence-corrected chi connectivity index (χ0v) is 15.2. The second kappa shape index (κ2) is 6.57. The molecular weight excluding hydrogens is 350 g/mol. The van der Waals surface area contributed by atoms with Crippen LogP contribution in [0.3, 0.4) is 0 Å².